The molecule has 0 aliphatic carbocycles. The molecule has 0 atom stereocenters. The Balaban J connectivity index is 3.17. The molecule has 1 rings (SSSR count). The SMILES string of the molecule is Cn1cc([N+](=O)[O-])nc1C(=O)O. The number of aryl methyl sites for hydroxylation is 1. The molecule has 0 unspecified atom stereocenters. The van der Waals surface area contributed by atoms with E-state index in [0.717, 1.165) is 10.8 Å². The smallest absolute Gasteiger partial charge is 0.399 e. The number of nitro groups is 1. The van der Waals surface area contributed by atoms with Crippen molar-refractivity contribution in [2.24, 2.45) is 7.05 Å². The van der Waals surface area contributed by atoms with E-state index in [-0.39, 0.29) is 5.82 Å². The predicted molar refractivity (Wildman–Crippen MR) is 36.8 cm³/mol. The molecule has 7 nitrogen and oxygen atoms in total. The molecule has 0 saturated carbocycles. The summed E-state index contributed by atoms with van der Waals surface area (Å²) in [5.41, 5.74) is 0. The van der Waals surface area contributed by atoms with Crippen LogP contribution in [0.1, 0.15) is 10.6 Å². The van der Waals surface area contributed by atoms with E-state index in [0.29, 0.717) is 0 Å². The minimum absolute atomic E-state index is 0.346. The van der Waals surface area contributed by atoms with Crippen molar-refractivity contribution in [2.45, 2.75) is 0 Å². The van der Waals surface area contributed by atoms with Gasteiger partial charge in [-0.15, -0.1) is 0 Å². The summed E-state index contributed by atoms with van der Waals surface area (Å²) in [5.74, 6) is -2.10. The average molecular weight is 171 g/mol. The lowest BCUT2D eigenvalue weighted by Crippen LogP contribution is -2.05. The van der Waals surface area contributed by atoms with E-state index in [1.165, 1.54) is 7.05 Å². The van der Waals surface area contributed by atoms with Crippen LogP contribution in [-0.4, -0.2) is 25.6 Å². The van der Waals surface area contributed by atoms with Crippen LogP contribution in [0.4, 0.5) is 5.82 Å². The Kier molecular flexibility index (Phi) is 1.78. The molecule has 12 heavy (non-hydrogen) atoms. The molecule has 0 aliphatic heterocycles. The topological polar surface area (TPSA) is 98.3 Å². The fraction of sp³-hybridized carbons (Fsp3) is 0.200. The summed E-state index contributed by atoms with van der Waals surface area (Å²) in [6.07, 6.45) is 1.05. The normalized spacial score (nSPS) is 9.75. The van der Waals surface area contributed by atoms with Crippen molar-refractivity contribution >= 4 is 11.8 Å². The number of nitrogens with zero attached hydrogens (tertiary/aromatic N) is 3. The Morgan fingerprint density at radius 3 is 2.67 bits per heavy atom. The highest BCUT2D eigenvalue weighted by molar-refractivity contribution is 5.83. The molecule has 0 bridgehead atoms. The van der Waals surface area contributed by atoms with Crippen molar-refractivity contribution in [3.63, 3.8) is 0 Å². The standard InChI is InChI=1S/C5H5N3O4/c1-7-2-3(8(11)12)6-4(7)5(9)10/h2H,1H3,(H,9,10). The Morgan fingerprint density at radius 1 is 1.83 bits per heavy atom. The second-order valence-electron chi connectivity index (χ2n) is 2.10. The van der Waals surface area contributed by atoms with Gasteiger partial charge in [0.2, 0.25) is 0 Å². The van der Waals surface area contributed by atoms with Crippen LogP contribution in [0.5, 0.6) is 0 Å². The number of hydrogen-bond acceptors (Lipinski definition) is 4. The van der Waals surface area contributed by atoms with Crippen LogP contribution < -0.4 is 0 Å². The number of imidazole rings is 1. The maximum Gasteiger partial charge on any atom is 0.399 e. The lowest BCUT2D eigenvalue weighted by atomic mass is 10.6. The van der Waals surface area contributed by atoms with E-state index < -0.39 is 16.7 Å². The summed E-state index contributed by atoms with van der Waals surface area (Å²) in [6, 6.07) is 0. The third kappa shape index (κ3) is 1.24. The van der Waals surface area contributed by atoms with Crippen molar-refractivity contribution in [1.29, 1.82) is 0 Å². The van der Waals surface area contributed by atoms with Crippen LogP contribution in [0.15, 0.2) is 6.20 Å². The van der Waals surface area contributed by atoms with Crippen molar-refractivity contribution < 1.29 is 14.8 Å². The van der Waals surface area contributed by atoms with Gasteiger partial charge in [0.1, 0.15) is 6.20 Å². The van der Waals surface area contributed by atoms with Crippen molar-refractivity contribution in [3.05, 3.63) is 22.1 Å². The number of aromatic carboxylic acids is 1. The van der Waals surface area contributed by atoms with Crippen LogP contribution in [-0.2, 0) is 7.05 Å². The number of carboxylic acid groups (broad SMARTS) is 1. The van der Waals surface area contributed by atoms with Crippen molar-refractivity contribution in [2.75, 3.05) is 0 Å². The molecule has 0 aromatic carbocycles. The van der Waals surface area contributed by atoms with E-state index in [9.17, 15) is 14.9 Å². The van der Waals surface area contributed by atoms with Gasteiger partial charge >= 0.3 is 17.6 Å². The molecular formula is C5H5N3O4. The van der Waals surface area contributed by atoms with Crippen LogP contribution in [0, 0.1) is 10.1 Å². The Bertz CT molecular complexity index is 342. The highest BCUT2D eigenvalue weighted by Gasteiger charge is 2.21. The van der Waals surface area contributed by atoms with Gasteiger partial charge in [0.15, 0.2) is 0 Å². The summed E-state index contributed by atoms with van der Waals surface area (Å²) in [7, 11) is 1.38. The lowest BCUT2D eigenvalue weighted by Gasteiger charge is -1.85. The molecule has 1 aromatic rings. The second-order valence-corrected chi connectivity index (χ2v) is 2.10. The Labute approximate surface area is 66.4 Å². The summed E-state index contributed by atoms with van der Waals surface area (Å²) in [4.78, 5) is 23.0. The van der Waals surface area contributed by atoms with E-state index in [4.69, 9.17) is 5.11 Å². The van der Waals surface area contributed by atoms with Crippen LogP contribution in [0.3, 0.4) is 0 Å². The van der Waals surface area contributed by atoms with Gasteiger partial charge in [-0.05, 0) is 9.91 Å². The minimum Gasteiger partial charge on any atom is -0.474 e. The Morgan fingerprint density at radius 2 is 2.42 bits per heavy atom. The first kappa shape index (κ1) is 8.18. The number of rotatable bonds is 2. The molecule has 1 heterocycles. The summed E-state index contributed by atoms with van der Waals surface area (Å²) < 4.78 is 1.08. The second kappa shape index (κ2) is 2.61. The molecule has 0 radical (unpaired) electrons. The molecule has 0 spiro atoms. The zero-order valence-electron chi connectivity index (χ0n) is 6.09. The fourth-order valence-electron chi connectivity index (χ4n) is 0.737. The van der Waals surface area contributed by atoms with Crippen molar-refractivity contribution in [1.82, 2.24) is 9.55 Å². The number of aromatic nitrogens is 2. The molecule has 64 valence electrons. The first-order valence-corrected chi connectivity index (χ1v) is 2.93. The molecule has 0 amide bonds. The number of carbonyl (C=O) groups is 1. The van der Waals surface area contributed by atoms with Gasteiger partial charge in [-0.3, -0.25) is 0 Å². The van der Waals surface area contributed by atoms with Gasteiger partial charge < -0.3 is 19.8 Å². The molecule has 1 aromatic heterocycles. The third-order valence-electron chi connectivity index (χ3n) is 1.24. The molecule has 7 heteroatoms. The van der Waals surface area contributed by atoms with Gasteiger partial charge in [-0.1, -0.05) is 0 Å². The maximum atomic E-state index is 10.4. The van der Waals surface area contributed by atoms with E-state index in [1.807, 2.05) is 0 Å². The molecule has 0 saturated heterocycles. The summed E-state index contributed by atoms with van der Waals surface area (Å²) in [6.45, 7) is 0. The third-order valence-corrected chi connectivity index (χ3v) is 1.24. The van der Waals surface area contributed by atoms with E-state index in [2.05, 4.69) is 4.98 Å². The van der Waals surface area contributed by atoms with Crippen LogP contribution in [0.2, 0.25) is 0 Å². The first-order valence-electron chi connectivity index (χ1n) is 2.93. The van der Waals surface area contributed by atoms with Crippen molar-refractivity contribution in [3.8, 4) is 0 Å². The van der Waals surface area contributed by atoms with Crippen LogP contribution >= 0.6 is 0 Å². The quantitative estimate of drug-likeness (QED) is 0.499. The van der Waals surface area contributed by atoms with E-state index in [1.54, 1.807) is 0 Å². The van der Waals surface area contributed by atoms with Crippen LogP contribution in [0.25, 0.3) is 0 Å². The molecule has 1 N–H and O–H groups in total. The van der Waals surface area contributed by atoms with Gasteiger partial charge in [-0.25, -0.2) is 4.79 Å². The summed E-state index contributed by atoms with van der Waals surface area (Å²) >= 11 is 0. The van der Waals surface area contributed by atoms with Gasteiger partial charge in [0.05, 0.1) is 0 Å². The zero-order chi connectivity index (χ0) is 9.30. The largest absolute Gasteiger partial charge is 0.474 e. The fourth-order valence-corrected chi connectivity index (χ4v) is 0.737. The first-order chi connectivity index (χ1) is 5.52. The number of hydrogen-bond donors (Lipinski definition) is 1. The maximum absolute atomic E-state index is 10.4. The zero-order valence-corrected chi connectivity index (χ0v) is 6.09. The lowest BCUT2D eigenvalue weighted by molar-refractivity contribution is -0.389. The van der Waals surface area contributed by atoms with Gasteiger partial charge in [0.25, 0.3) is 0 Å². The predicted octanol–water partition coefficient (Wildman–Crippen LogP) is 0.0265. The Hall–Kier alpha value is -1.92. The molecule has 0 fully saturated rings. The van der Waals surface area contributed by atoms with Gasteiger partial charge in [0, 0.05) is 7.05 Å². The average Bonchev–Trinajstić information content (AvgIpc) is 2.30. The monoisotopic (exact) mass is 171 g/mol. The minimum atomic E-state index is -1.29. The molecule has 0 aliphatic rings. The molecular weight excluding hydrogens is 166 g/mol. The van der Waals surface area contributed by atoms with E-state index >= 15 is 0 Å². The summed E-state index contributed by atoms with van der Waals surface area (Å²) in [5, 5.41) is 18.6. The highest BCUT2D eigenvalue weighted by atomic mass is 16.6. The number of carboxylic acids is 1. The van der Waals surface area contributed by atoms with Gasteiger partial charge in [-0.2, -0.15) is 0 Å². The highest BCUT2D eigenvalue weighted by Crippen LogP contribution is 2.08.